The monoisotopic (exact) mass is 384 g/mol. The van der Waals surface area contributed by atoms with E-state index in [1.165, 1.54) is 11.2 Å². The van der Waals surface area contributed by atoms with E-state index in [0.717, 1.165) is 11.3 Å². The maximum atomic E-state index is 13.0. The lowest BCUT2D eigenvalue weighted by molar-refractivity contribution is -0.139. The van der Waals surface area contributed by atoms with Gasteiger partial charge in [0.2, 0.25) is 11.8 Å². The molecule has 1 aliphatic heterocycles. The Hall–Kier alpha value is -3.09. The molecule has 3 amide bonds. The van der Waals surface area contributed by atoms with Crippen molar-refractivity contribution < 1.29 is 23.5 Å². The maximum absolute atomic E-state index is 13.0. The number of benzene rings is 1. The van der Waals surface area contributed by atoms with Gasteiger partial charge in [-0.3, -0.25) is 14.4 Å². The lowest BCUT2D eigenvalue weighted by Gasteiger charge is -2.26. The van der Waals surface area contributed by atoms with Crippen molar-refractivity contribution in [3.63, 3.8) is 0 Å². The van der Waals surface area contributed by atoms with E-state index >= 15 is 0 Å². The zero-order valence-electron chi connectivity index (χ0n) is 16.1. The SMILES string of the molecule is CCCOc1ccc(N2C(=O)C[C@@H](N(Cc3ccco3)C(=O)CC)C2=O)cc1. The van der Waals surface area contributed by atoms with Gasteiger partial charge in [-0.05, 0) is 42.8 Å². The van der Waals surface area contributed by atoms with Crippen LogP contribution in [0, 0.1) is 0 Å². The Kier molecular flexibility index (Phi) is 6.13. The van der Waals surface area contributed by atoms with Crippen LogP contribution in [0.3, 0.4) is 0 Å². The normalized spacial score (nSPS) is 16.5. The summed E-state index contributed by atoms with van der Waals surface area (Å²) in [5.74, 6) is 0.318. The standard InChI is InChI=1S/C21H24N2O5/c1-3-11-27-16-9-7-15(8-10-16)23-20(25)13-18(21(23)26)22(19(24)4-2)14-17-6-5-12-28-17/h5-10,12,18H,3-4,11,13-14H2,1-2H3/t18-/m1/s1. The van der Waals surface area contributed by atoms with Crippen molar-refractivity contribution in [1.29, 1.82) is 0 Å². The number of nitrogens with zero attached hydrogens (tertiary/aromatic N) is 2. The highest BCUT2D eigenvalue weighted by atomic mass is 16.5. The first-order valence-electron chi connectivity index (χ1n) is 9.46. The average Bonchev–Trinajstić information content (AvgIpc) is 3.32. The summed E-state index contributed by atoms with van der Waals surface area (Å²) in [5, 5.41) is 0. The van der Waals surface area contributed by atoms with Crippen LogP contribution >= 0.6 is 0 Å². The van der Waals surface area contributed by atoms with Gasteiger partial charge in [0, 0.05) is 6.42 Å². The lowest BCUT2D eigenvalue weighted by Crippen LogP contribution is -2.44. The minimum Gasteiger partial charge on any atom is -0.494 e. The first-order valence-corrected chi connectivity index (χ1v) is 9.46. The van der Waals surface area contributed by atoms with Crippen LogP contribution in [-0.4, -0.2) is 35.3 Å². The van der Waals surface area contributed by atoms with E-state index < -0.39 is 11.9 Å². The molecule has 0 N–H and O–H groups in total. The summed E-state index contributed by atoms with van der Waals surface area (Å²) in [6.07, 6.45) is 2.60. The highest BCUT2D eigenvalue weighted by molar-refractivity contribution is 6.23. The number of amides is 3. The summed E-state index contributed by atoms with van der Waals surface area (Å²) in [6, 6.07) is 9.46. The molecule has 148 valence electrons. The van der Waals surface area contributed by atoms with E-state index in [4.69, 9.17) is 9.15 Å². The second-order valence-corrected chi connectivity index (χ2v) is 6.58. The fourth-order valence-corrected chi connectivity index (χ4v) is 3.19. The number of furan rings is 1. The van der Waals surface area contributed by atoms with Crippen LogP contribution in [0.1, 0.15) is 38.9 Å². The van der Waals surface area contributed by atoms with Gasteiger partial charge in [0.15, 0.2) is 0 Å². The molecule has 1 atom stereocenters. The zero-order chi connectivity index (χ0) is 20.1. The molecule has 1 aromatic carbocycles. The van der Waals surface area contributed by atoms with Crippen LogP contribution in [-0.2, 0) is 20.9 Å². The predicted molar refractivity (Wildman–Crippen MR) is 103 cm³/mol. The summed E-state index contributed by atoms with van der Waals surface area (Å²) in [7, 11) is 0. The van der Waals surface area contributed by atoms with Gasteiger partial charge in [-0.15, -0.1) is 0 Å². The molecule has 2 heterocycles. The molecular formula is C21H24N2O5. The van der Waals surface area contributed by atoms with Gasteiger partial charge in [0.05, 0.1) is 31.5 Å². The minimum absolute atomic E-state index is 0.0423. The molecule has 1 aromatic heterocycles. The summed E-state index contributed by atoms with van der Waals surface area (Å²) in [6.45, 7) is 4.50. The Balaban J connectivity index is 1.80. The van der Waals surface area contributed by atoms with Crippen LogP contribution in [0.4, 0.5) is 5.69 Å². The van der Waals surface area contributed by atoms with Crippen LogP contribution in [0.25, 0.3) is 0 Å². The molecule has 0 aliphatic carbocycles. The third kappa shape index (κ3) is 4.08. The fraction of sp³-hybridized carbons (Fsp3) is 0.381. The number of anilines is 1. The molecule has 3 rings (SSSR count). The first-order chi connectivity index (χ1) is 13.5. The number of carbonyl (C=O) groups is 3. The molecule has 1 saturated heterocycles. The molecule has 1 fully saturated rings. The summed E-state index contributed by atoms with van der Waals surface area (Å²) in [4.78, 5) is 40.6. The quantitative estimate of drug-likeness (QED) is 0.653. The van der Waals surface area contributed by atoms with Crippen molar-refractivity contribution in [3.8, 4) is 5.75 Å². The molecule has 1 aliphatic rings. The van der Waals surface area contributed by atoms with E-state index in [9.17, 15) is 14.4 Å². The molecule has 28 heavy (non-hydrogen) atoms. The number of imide groups is 1. The summed E-state index contributed by atoms with van der Waals surface area (Å²) in [5.41, 5.74) is 0.475. The van der Waals surface area contributed by atoms with Gasteiger partial charge in [-0.25, -0.2) is 4.90 Å². The summed E-state index contributed by atoms with van der Waals surface area (Å²) < 4.78 is 10.9. The highest BCUT2D eigenvalue weighted by Crippen LogP contribution is 2.28. The van der Waals surface area contributed by atoms with Gasteiger partial charge in [-0.1, -0.05) is 13.8 Å². The molecule has 7 nitrogen and oxygen atoms in total. The lowest BCUT2D eigenvalue weighted by atomic mass is 10.2. The van der Waals surface area contributed by atoms with E-state index in [0.29, 0.717) is 23.8 Å². The van der Waals surface area contributed by atoms with Crippen molar-refractivity contribution in [1.82, 2.24) is 4.90 Å². The number of ether oxygens (including phenoxy) is 1. The topological polar surface area (TPSA) is 80.1 Å². The van der Waals surface area contributed by atoms with Crippen molar-refractivity contribution in [3.05, 3.63) is 48.4 Å². The van der Waals surface area contributed by atoms with Gasteiger partial charge >= 0.3 is 0 Å². The number of rotatable bonds is 8. The average molecular weight is 384 g/mol. The van der Waals surface area contributed by atoms with Gasteiger partial charge in [0.25, 0.3) is 5.91 Å². The Morgan fingerprint density at radius 3 is 2.57 bits per heavy atom. The third-order valence-electron chi connectivity index (χ3n) is 4.60. The Morgan fingerprint density at radius 2 is 1.96 bits per heavy atom. The third-order valence-corrected chi connectivity index (χ3v) is 4.60. The van der Waals surface area contributed by atoms with Crippen molar-refractivity contribution in [2.45, 2.75) is 45.7 Å². The Morgan fingerprint density at radius 1 is 1.21 bits per heavy atom. The van der Waals surface area contributed by atoms with Gasteiger partial charge in [0.1, 0.15) is 17.6 Å². The van der Waals surface area contributed by atoms with Crippen LogP contribution < -0.4 is 9.64 Å². The Labute approximate surface area is 163 Å². The Bertz CT molecular complexity index is 829. The molecule has 2 aromatic rings. The fourth-order valence-electron chi connectivity index (χ4n) is 3.19. The first kappa shape index (κ1) is 19.7. The van der Waals surface area contributed by atoms with Gasteiger partial charge < -0.3 is 14.1 Å². The van der Waals surface area contributed by atoms with Gasteiger partial charge in [-0.2, -0.15) is 0 Å². The van der Waals surface area contributed by atoms with E-state index in [1.54, 1.807) is 43.3 Å². The zero-order valence-corrected chi connectivity index (χ0v) is 16.1. The molecule has 0 unspecified atom stereocenters. The highest BCUT2D eigenvalue weighted by Gasteiger charge is 2.44. The van der Waals surface area contributed by atoms with E-state index in [2.05, 4.69) is 0 Å². The molecular weight excluding hydrogens is 360 g/mol. The minimum atomic E-state index is -0.832. The predicted octanol–water partition coefficient (Wildman–Crippen LogP) is 3.14. The largest absolute Gasteiger partial charge is 0.494 e. The van der Waals surface area contributed by atoms with Crippen molar-refractivity contribution in [2.24, 2.45) is 0 Å². The number of carbonyl (C=O) groups excluding carboxylic acids is 3. The van der Waals surface area contributed by atoms with E-state index in [-0.39, 0.29) is 31.2 Å². The van der Waals surface area contributed by atoms with Crippen LogP contribution in [0.2, 0.25) is 0 Å². The molecule has 0 radical (unpaired) electrons. The second-order valence-electron chi connectivity index (χ2n) is 6.58. The number of hydrogen-bond acceptors (Lipinski definition) is 5. The maximum Gasteiger partial charge on any atom is 0.257 e. The molecule has 0 saturated carbocycles. The number of hydrogen-bond donors (Lipinski definition) is 0. The second kappa shape index (κ2) is 8.73. The van der Waals surface area contributed by atoms with E-state index in [1.807, 2.05) is 6.92 Å². The van der Waals surface area contributed by atoms with Crippen molar-refractivity contribution in [2.75, 3.05) is 11.5 Å². The van der Waals surface area contributed by atoms with Crippen molar-refractivity contribution >= 4 is 23.4 Å². The van der Waals surface area contributed by atoms with Crippen LogP contribution in [0.5, 0.6) is 5.75 Å². The molecule has 0 bridgehead atoms. The molecule has 7 heteroatoms. The summed E-state index contributed by atoms with van der Waals surface area (Å²) >= 11 is 0. The smallest absolute Gasteiger partial charge is 0.257 e. The molecule has 0 spiro atoms. The van der Waals surface area contributed by atoms with Crippen LogP contribution in [0.15, 0.2) is 47.1 Å².